The van der Waals surface area contributed by atoms with Gasteiger partial charge in [0.15, 0.2) is 15.1 Å². The van der Waals surface area contributed by atoms with E-state index in [1.807, 2.05) is 56.3 Å². The van der Waals surface area contributed by atoms with Crippen molar-refractivity contribution in [2.24, 2.45) is 0 Å². The molecule has 1 unspecified atom stereocenters. The number of hydrogen-bond donors (Lipinski definition) is 0. The number of hydrogen-bond acceptors (Lipinski definition) is 4. The molecule has 28 heavy (non-hydrogen) atoms. The molecule has 3 aromatic rings. The molecule has 0 amide bonds. The third-order valence-electron chi connectivity index (χ3n) is 5.09. The Kier molecular flexibility index (Phi) is 4.55. The molecule has 0 radical (unpaired) electrons. The Hall–Kier alpha value is -2.92. The van der Waals surface area contributed by atoms with Gasteiger partial charge in [-0.25, -0.2) is 8.42 Å². The quantitative estimate of drug-likeness (QED) is 0.493. The number of carbonyl (C=O) groups is 1. The molecular formula is C23H20O4S. The van der Waals surface area contributed by atoms with Gasteiger partial charge in [-0.2, -0.15) is 0 Å². The summed E-state index contributed by atoms with van der Waals surface area (Å²) in [6, 6.07) is 20.3. The predicted molar refractivity (Wildman–Crippen MR) is 108 cm³/mol. The van der Waals surface area contributed by atoms with Crippen LogP contribution in [0.4, 0.5) is 0 Å². The monoisotopic (exact) mass is 392 g/mol. The van der Waals surface area contributed by atoms with Gasteiger partial charge in [0, 0.05) is 6.42 Å². The lowest BCUT2D eigenvalue weighted by atomic mass is 10.0. The van der Waals surface area contributed by atoms with Crippen molar-refractivity contribution in [3.8, 4) is 16.9 Å². The van der Waals surface area contributed by atoms with Gasteiger partial charge in [-0.1, -0.05) is 48.5 Å². The third-order valence-corrected chi connectivity index (χ3v) is 7.11. The van der Waals surface area contributed by atoms with Gasteiger partial charge in [0.2, 0.25) is 0 Å². The van der Waals surface area contributed by atoms with Gasteiger partial charge in [-0.15, -0.1) is 0 Å². The summed E-state index contributed by atoms with van der Waals surface area (Å²) < 4.78 is 31.7. The molecule has 3 aromatic carbocycles. The lowest BCUT2D eigenvalue weighted by Crippen LogP contribution is -2.39. The van der Waals surface area contributed by atoms with Crippen molar-refractivity contribution < 1.29 is 17.9 Å². The van der Waals surface area contributed by atoms with Crippen molar-refractivity contribution in [2.75, 3.05) is 0 Å². The summed E-state index contributed by atoms with van der Waals surface area (Å²) in [6.07, 6.45) is 0.121. The van der Waals surface area contributed by atoms with Crippen LogP contribution in [-0.4, -0.2) is 19.6 Å². The molecule has 0 aromatic heterocycles. The molecule has 5 heteroatoms. The standard InChI is InChI=1S/C23H20O4S/c1-15-8-9-18-14-22(23(24)27-21(18)12-15)28(25,26)19-10-11-20(16(2)13-19)17-6-4-3-5-7-17/h3-13,22H,14H2,1-2H3. The van der Waals surface area contributed by atoms with Crippen molar-refractivity contribution in [3.63, 3.8) is 0 Å². The lowest BCUT2D eigenvalue weighted by Gasteiger charge is -2.24. The highest BCUT2D eigenvalue weighted by molar-refractivity contribution is 7.92. The van der Waals surface area contributed by atoms with Crippen LogP contribution in [0.2, 0.25) is 0 Å². The minimum Gasteiger partial charge on any atom is -0.425 e. The van der Waals surface area contributed by atoms with Crippen LogP contribution < -0.4 is 4.74 Å². The van der Waals surface area contributed by atoms with Crippen LogP contribution in [0.1, 0.15) is 16.7 Å². The lowest BCUT2D eigenvalue weighted by molar-refractivity contribution is -0.134. The third kappa shape index (κ3) is 3.22. The first kappa shape index (κ1) is 18.4. The van der Waals surface area contributed by atoms with E-state index < -0.39 is 21.1 Å². The van der Waals surface area contributed by atoms with Gasteiger partial charge in [0.1, 0.15) is 5.75 Å². The Morgan fingerprint density at radius 2 is 1.68 bits per heavy atom. The summed E-state index contributed by atoms with van der Waals surface area (Å²) in [5.41, 5.74) is 4.51. The van der Waals surface area contributed by atoms with E-state index in [1.54, 1.807) is 24.3 Å². The van der Waals surface area contributed by atoms with Gasteiger partial charge < -0.3 is 4.74 Å². The molecule has 0 aliphatic carbocycles. The zero-order valence-corrected chi connectivity index (χ0v) is 16.5. The predicted octanol–water partition coefficient (Wildman–Crippen LogP) is 4.27. The number of carbonyl (C=O) groups excluding carboxylic acids is 1. The van der Waals surface area contributed by atoms with Gasteiger partial charge in [0.05, 0.1) is 4.90 Å². The summed E-state index contributed by atoms with van der Waals surface area (Å²) in [7, 11) is -3.86. The number of benzene rings is 3. The maximum absolute atomic E-state index is 13.2. The fourth-order valence-corrected chi connectivity index (χ4v) is 5.17. The van der Waals surface area contributed by atoms with Crippen LogP contribution >= 0.6 is 0 Å². The first-order valence-corrected chi connectivity index (χ1v) is 10.6. The molecule has 0 saturated carbocycles. The van der Waals surface area contributed by atoms with Crippen molar-refractivity contribution in [3.05, 3.63) is 83.4 Å². The molecule has 4 nitrogen and oxygen atoms in total. The minimum absolute atomic E-state index is 0.121. The van der Waals surface area contributed by atoms with Crippen LogP contribution in [0.3, 0.4) is 0 Å². The van der Waals surface area contributed by atoms with E-state index >= 15 is 0 Å². The van der Waals surface area contributed by atoms with E-state index in [2.05, 4.69) is 0 Å². The highest BCUT2D eigenvalue weighted by Gasteiger charge is 2.39. The maximum atomic E-state index is 13.2. The molecular weight excluding hydrogens is 372 g/mol. The van der Waals surface area contributed by atoms with E-state index in [0.717, 1.165) is 27.8 Å². The second-order valence-electron chi connectivity index (χ2n) is 7.11. The topological polar surface area (TPSA) is 60.4 Å². The van der Waals surface area contributed by atoms with Gasteiger partial charge in [-0.05, 0) is 59.9 Å². The SMILES string of the molecule is Cc1ccc2c(c1)OC(=O)C(S(=O)(=O)c1ccc(-c3ccccc3)c(C)c1)C2. The minimum atomic E-state index is -3.86. The Labute approximate surface area is 164 Å². The Balaban J connectivity index is 1.70. The molecule has 0 saturated heterocycles. The molecule has 1 aliphatic heterocycles. The first-order valence-electron chi connectivity index (χ1n) is 9.07. The molecule has 0 bridgehead atoms. The summed E-state index contributed by atoms with van der Waals surface area (Å²) >= 11 is 0. The highest BCUT2D eigenvalue weighted by Crippen LogP contribution is 2.33. The normalized spacial score (nSPS) is 16.4. The number of esters is 1. The van der Waals surface area contributed by atoms with Crippen molar-refractivity contribution in [1.29, 1.82) is 0 Å². The van der Waals surface area contributed by atoms with Crippen LogP contribution in [-0.2, 0) is 21.1 Å². The van der Waals surface area contributed by atoms with Crippen molar-refractivity contribution >= 4 is 15.8 Å². The summed E-state index contributed by atoms with van der Waals surface area (Å²) in [6.45, 7) is 3.77. The molecule has 0 fully saturated rings. The number of rotatable bonds is 3. The van der Waals surface area contributed by atoms with Crippen LogP contribution in [0.15, 0.2) is 71.6 Å². The number of fused-ring (bicyclic) bond motifs is 1. The van der Waals surface area contributed by atoms with E-state index in [1.165, 1.54) is 0 Å². The second kappa shape index (κ2) is 6.91. The smallest absolute Gasteiger partial charge is 0.330 e. The van der Waals surface area contributed by atoms with Crippen molar-refractivity contribution in [1.82, 2.24) is 0 Å². The largest absolute Gasteiger partial charge is 0.425 e. The fourth-order valence-electron chi connectivity index (χ4n) is 3.54. The highest BCUT2D eigenvalue weighted by atomic mass is 32.2. The van der Waals surface area contributed by atoms with E-state index in [-0.39, 0.29) is 11.3 Å². The molecule has 1 atom stereocenters. The molecule has 4 rings (SSSR count). The van der Waals surface area contributed by atoms with Gasteiger partial charge >= 0.3 is 5.97 Å². The Bertz CT molecular complexity index is 1160. The number of ether oxygens (including phenoxy) is 1. The van der Waals surface area contributed by atoms with E-state index in [4.69, 9.17) is 4.74 Å². The maximum Gasteiger partial charge on any atom is 0.330 e. The van der Waals surface area contributed by atoms with Crippen LogP contribution in [0, 0.1) is 13.8 Å². The average Bonchev–Trinajstić information content (AvgIpc) is 2.67. The van der Waals surface area contributed by atoms with Crippen LogP contribution in [0.5, 0.6) is 5.75 Å². The summed E-state index contributed by atoms with van der Waals surface area (Å²) in [5, 5.41) is -1.23. The van der Waals surface area contributed by atoms with E-state index in [0.29, 0.717) is 5.75 Å². The van der Waals surface area contributed by atoms with E-state index in [9.17, 15) is 13.2 Å². The zero-order chi connectivity index (χ0) is 19.9. The fraction of sp³-hybridized carbons (Fsp3) is 0.174. The second-order valence-corrected chi connectivity index (χ2v) is 9.24. The average molecular weight is 392 g/mol. The number of aryl methyl sites for hydroxylation is 2. The van der Waals surface area contributed by atoms with Gasteiger partial charge in [0.25, 0.3) is 0 Å². The Morgan fingerprint density at radius 1 is 0.929 bits per heavy atom. The number of sulfone groups is 1. The zero-order valence-electron chi connectivity index (χ0n) is 15.7. The Morgan fingerprint density at radius 3 is 2.39 bits per heavy atom. The van der Waals surface area contributed by atoms with Gasteiger partial charge in [-0.3, -0.25) is 4.79 Å². The molecule has 1 aliphatic rings. The summed E-state index contributed by atoms with van der Waals surface area (Å²) in [5.74, 6) is -0.269. The molecule has 1 heterocycles. The molecule has 0 N–H and O–H groups in total. The van der Waals surface area contributed by atoms with Crippen molar-refractivity contribution in [2.45, 2.75) is 30.4 Å². The molecule has 0 spiro atoms. The summed E-state index contributed by atoms with van der Waals surface area (Å²) in [4.78, 5) is 12.6. The first-order chi connectivity index (χ1) is 13.4. The molecule has 142 valence electrons. The van der Waals surface area contributed by atoms with Crippen LogP contribution in [0.25, 0.3) is 11.1 Å².